The van der Waals surface area contributed by atoms with Crippen molar-refractivity contribution >= 4 is 28.8 Å². The van der Waals surface area contributed by atoms with Gasteiger partial charge in [-0.2, -0.15) is 0 Å². The maximum atomic E-state index is 13.9. The third-order valence-electron chi connectivity index (χ3n) is 5.71. The number of likely N-dealkylation sites (N-methyl/N-ethyl adjacent to an activating group) is 1. The molecule has 174 valence electrons. The van der Waals surface area contributed by atoms with Gasteiger partial charge in [0.2, 0.25) is 0 Å². The van der Waals surface area contributed by atoms with Gasteiger partial charge in [0.1, 0.15) is 11.4 Å². The first-order valence-corrected chi connectivity index (χ1v) is 10.9. The molecule has 1 aliphatic rings. The number of hydrogen-bond acceptors (Lipinski definition) is 6. The molecule has 7 nitrogen and oxygen atoms in total. The molecule has 0 radical (unpaired) electrons. The van der Waals surface area contributed by atoms with Crippen LogP contribution >= 0.6 is 0 Å². The molecule has 0 atom stereocenters. The van der Waals surface area contributed by atoms with E-state index in [1.165, 1.54) is 19.1 Å². The molecule has 0 saturated carbocycles. The van der Waals surface area contributed by atoms with E-state index >= 15 is 0 Å². The molecular formula is C27H26N2O5. The number of amides is 2. The van der Waals surface area contributed by atoms with Crippen LogP contribution in [0.4, 0.5) is 11.4 Å². The first-order valence-electron chi connectivity index (χ1n) is 10.9. The minimum atomic E-state index is -0.439. The first kappa shape index (κ1) is 22.9. The van der Waals surface area contributed by atoms with Crippen LogP contribution < -0.4 is 24.0 Å². The Balaban J connectivity index is 1.95. The normalized spacial score (nSPS) is 13.4. The van der Waals surface area contributed by atoms with Gasteiger partial charge in [-0.1, -0.05) is 36.4 Å². The molecule has 34 heavy (non-hydrogen) atoms. The summed E-state index contributed by atoms with van der Waals surface area (Å²) < 4.78 is 16.3. The molecule has 0 fully saturated rings. The van der Waals surface area contributed by atoms with E-state index in [4.69, 9.17) is 14.2 Å². The van der Waals surface area contributed by atoms with Crippen molar-refractivity contribution in [3.8, 4) is 17.2 Å². The Bertz CT molecular complexity index is 1250. The summed E-state index contributed by atoms with van der Waals surface area (Å²) in [6.07, 6.45) is 0. The number of methoxy groups -OCH3 is 3. The third-order valence-corrected chi connectivity index (χ3v) is 5.71. The van der Waals surface area contributed by atoms with E-state index in [1.807, 2.05) is 42.2 Å². The maximum Gasteiger partial charge on any atom is 0.282 e. The molecule has 0 aromatic heterocycles. The molecule has 0 aliphatic carbocycles. The van der Waals surface area contributed by atoms with Crippen LogP contribution in [0.25, 0.3) is 5.57 Å². The van der Waals surface area contributed by atoms with Gasteiger partial charge in [-0.25, -0.2) is 4.90 Å². The van der Waals surface area contributed by atoms with Crippen LogP contribution in [0.3, 0.4) is 0 Å². The predicted molar refractivity (Wildman–Crippen MR) is 131 cm³/mol. The average Bonchev–Trinajstić information content (AvgIpc) is 3.14. The number of carbonyl (C=O) groups excluding carboxylic acids is 2. The Hall–Kier alpha value is -4.26. The SMILES string of the molecule is CCN(C1=C(c2ccc(OC)c(OC)c2)C(=O)N(c2ccccc2OC)C1=O)c1ccccc1. The van der Waals surface area contributed by atoms with Crippen molar-refractivity contribution in [2.45, 2.75) is 6.92 Å². The number of benzene rings is 3. The monoisotopic (exact) mass is 458 g/mol. The highest BCUT2D eigenvalue weighted by molar-refractivity contribution is 6.46. The molecule has 3 aromatic rings. The molecule has 3 aromatic carbocycles. The van der Waals surface area contributed by atoms with Gasteiger partial charge in [-0.05, 0) is 48.9 Å². The molecule has 2 amide bonds. The van der Waals surface area contributed by atoms with Crippen LogP contribution in [0, 0.1) is 0 Å². The fourth-order valence-electron chi connectivity index (χ4n) is 4.13. The highest BCUT2D eigenvalue weighted by Gasteiger charge is 2.43. The fourth-order valence-corrected chi connectivity index (χ4v) is 4.13. The van der Waals surface area contributed by atoms with Gasteiger partial charge in [0, 0.05) is 12.2 Å². The third kappa shape index (κ3) is 3.85. The molecule has 4 rings (SSSR count). The van der Waals surface area contributed by atoms with Crippen molar-refractivity contribution in [3.05, 3.63) is 84.1 Å². The molecular weight excluding hydrogens is 432 g/mol. The van der Waals surface area contributed by atoms with Crippen LogP contribution in [-0.4, -0.2) is 39.7 Å². The molecule has 1 heterocycles. The van der Waals surface area contributed by atoms with Crippen molar-refractivity contribution in [1.82, 2.24) is 0 Å². The zero-order chi connectivity index (χ0) is 24.2. The van der Waals surface area contributed by atoms with Gasteiger partial charge in [-0.15, -0.1) is 0 Å². The maximum absolute atomic E-state index is 13.9. The van der Waals surface area contributed by atoms with E-state index in [9.17, 15) is 9.59 Å². The summed E-state index contributed by atoms with van der Waals surface area (Å²) in [6.45, 7) is 2.42. The number of para-hydroxylation sites is 3. The molecule has 1 aliphatic heterocycles. The smallest absolute Gasteiger partial charge is 0.282 e. The number of rotatable bonds is 8. The highest BCUT2D eigenvalue weighted by Crippen LogP contribution is 2.41. The van der Waals surface area contributed by atoms with Gasteiger partial charge < -0.3 is 19.1 Å². The molecule has 0 bridgehead atoms. The lowest BCUT2D eigenvalue weighted by Gasteiger charge is -2.25. The lowest BCUT2D eigenvalue weighted by Crippen LogP contribution is -2.35. The number of ether oxygens (including phenoxy) is 3. The Kier molecular flexibility index (Phi) is 6.54. The van der Waals surface area contributed by atoms with Gasteiger partial charge >= 0.3 is 0 Å². The highest BCUT2D eigenvalue weighted by atomic mass is 16.5. The second kappa shape index (κ2) is 9.70. The van der Waals surface area contributed by atoms with Crippen molar-refractivity contribution in [1.29, 1.82) is 0 Å². The van der Waals surface area contributed by atoms with Crippen LogP contribution in [0.1, 0.15) is 12.5 Å². The summed E-state index contributed by atoms with van der Waals surface area (Å²) >= 11 is 0. The minimum absolute atomic E-state index is 0.280. The standard InChI is InChI=1S/C27H26N2O5/c1-5-28(19-11-7-6-8-12-19)25-24(18-15-16-22(33-3)23(17-18)34-4)26(30)29(27(25)31)20-13-9-10-14-21(20)32-2/h6-17H,5H2,1-4H3. The Morgan fingerprint density at radius 3 is 2.03 bits per heavy atom. The van der Waals surface area contributed by atoms with Gasteiger partial charge in [-0.3, -0.25) is 9.59 Å². The van der Waals surface area contributed by atoms with Crippen molar-refractivity contribution in [2.75, 3.05) is 37.7 Å². The van der Waals surface area contributed by atoms with E-state index in [0.29, 0.717) is 35.0 Å². The molecule has 0 N–H and O–H groups in total. The van der Waals surface area contributed by atoms with Crippen molar-refractivity contribution in [2.24, 2.45) is 0 Å². The number of nitrogens with zero attached hydrogens (tertiary/aromatic N) is 2. The Labute approximate surface area is 198 Å². The topological polar surface area (TPSA) is 68.3 Å². The van der Waals surface area contributed by atoms with Crippen LogP contribution in [0.5, 0.6) is 17.2 Å². The molecule has 7 heteroatoms. The number of anilines is 2. The predicted octanol–water partition coefficient (Wildman–Crippen LogP) is 4.52. The van der Waals surface area contributed by atoms with Gasteiger partial charge in [0.05, 0.1) is 32.6 Å². The van der Waals surface area contributed by atoms with Gasteiger partial charge in [0.15, 0.2) is 11.5 Å². The second-order valence-corrected chi connectivity index (χ2v) is 7.49. The lowest BCUT2D eigenvalue weighted by atomic mass is 10.0. The quantitative estimate of drug-likeness (QED) is 0.462. The first-order chi connectivity index (χ1) is 16.5. The summed E-state index contributed by atoms with van der Waals surface area (Å²) in [5.74, 6) is 0.559. The van der Waals surface area contributed by atoms with Crippen molar-refractivity contribution < 1.29 is 23.8 Å². The van der Waals surface area contributed by atoms with Crippen molar-refractivity contribution in [3.63, 3.8) is 0 Å². The zero-order valence-electron chi connectivity index (χ0n) is 19.6. The summed E-state index contributed by atoms with van der Waals surface area (Å²) in [4.78, 5) is 30.8. The van der Waals surface area contributed by atoms with E-state index in [-0.39, 0.29) is 11.3 Å². The second-order valence-electron chi connectivity index (χ2n) is 7.49. The van der Waals surface area contributed by atoms with Crippen LogP contribution in [0.15, 0.2) is 78.5 Å². The summed E-state index contributed by atoms with van der Waals surface area (Å²) in [5.41, 5.74) is 2.32. The summed E-state index contributed by atoms with van der Waals surface area (Å²) in [5, 5.41) is 0. The molecule has 0 unspecified atom stereocenters. The van der Waals surface area contributed by atoms with Crippen LogP contribution in [0.2, 0.25) is 0 Å². The Morgan fingerprint density at radius 2 is 1.38 bits per heavy atom. The fraction of sp³-hybridized carbons (Fsp3) is 0.185. The zero-order valence-corrected chi connectivity index (χ0v) is 19.6. The molecule has 0 spiro atoms. The van der Waals surface area contributed by atoms with E-state index < -0.39 is 11.8 Å². The minimum Gasteiger partial charge on any atom is -0.495 e. The van der Waals surface area contributed by atoms with E-state index in [0.717, 1.165) is 5.69 Å². The summed E-state index contributed by atoms with van der Waals surface area (Å²) in [6, 6.07) is 21.7. The van der Waals surface area contributed by atoms with Gasteiger partial charge in [0.25, 0.3) is 11.8 Å². The number of carbonyl (C=O) groups is 2. The lowest BCUT2D eigenvalue weighted by molar-refractivity contribution is -0.120. The number of hydrogen-bond donors (Lipinski definition) is 0. The van der Waals surface area contributed by atoms with Crippen LogP contribution in [-0.2, 0) is 9.59 Å². The van der Waals surface area contributed by atoms with E-state index in [1.54, 1.807) is 49.6 Å². The summed E-state index contributed by atoms with van der Waals surface area (Å²) in [7, 11) is 4.59. The molecule has 0 saturated heterocycles. The van der Waals surface area contributed by atoms with E-state index in [2.05, 4.69) is 0 Å². The Morgan fingerprint density at radius 1 is 0.735 bits per heavy atom. The number of imide groups is 1. The largest absolute Gasteiger partial charge is 0.495 e. The average molecular weight is 459 g/mol.